The van der Waals surface area contributed by atoms with E-state index in [1.807, 2.05) is 13.0 Å². The fourth-order valence-corrected chi connectivity index (χ4v) is 2.32. The maximum atomic E-state index is 12.6. The highest BCUT2D eigenvalue weighted by Crippen LogP contribution is 2.23. The topological polar surface area (TPSA) is 75.6 Å². The molecule has 0 heterocycles. The van der Waals surface area contributed by atoms with E-state index < -0.39 is 12.0 Å². The summed E-state index contributed by atoms with van der Waals surface area (Å²) in [7, 11) is 1.58. The zero-order valence-corrected chi connectivity index (χ0v) is 12.4. The van der Waals surface area contributed by atoms with Gasteiger partial charge >= 0.3 is 5.97 Å². The molecule has 1 aromatic rings. The van der Waals surface area contributed by atoms with E-state index in [4.69, 9.17) is 9.84 Å². The van der Waals surface area contributed by atoms with Gasteiger partial charge in [-0.2, -0.15) is 0 Å². The first kappa shape index (κ1) is 15.5. The maximum absolute atomic E-state index is 12.6. The molecule has 1 aliphatic rings. The van der Waals surface area contributed by atoms with E-state index in [-0.39, 0.29) is 12.2 Å². The van der Waals surface area contributed by atoms with Crippen LogP contribution in [-0.2, 0) is 4.79 Å². The standard InChI is InChI=1S/C16H21NO4/c1-10-9-12(21-2)5-6-13(10)16(20)14(7-8-15(18)19)17-11-3-4-11/h5-6,9,11,14,17H,3-4,7-8H2,1-2H3,(H,18,19). The number of Topliss-reactive ketones (excluding diaryl/α,β-unsaturated/α-hetero) is 1. The van der Waals surface area contributed by atoms with Crippen LogP contribution in [0.15, 0.2) is 18.2 Å². The van der Waals surface area contributed by atoms with Crippen molar-refractivity contribution in [3.05, 3.63) is 29.3 Å². The molecular weight excluding hydrogens is 270 g/mol. The second-order valence-corrected chi connectivity index (χ2v) is 5.47. The van der Waals surface area contributed by atoms with Gasteiger partial charge in [-0.25, -0.2) is 0 Å². The Bertz CT molecular complexity index is 537. The Morgan fingerprint density at radius 1 is 1.43 bits per heavy atom. The first-order chi connectivity index (χ1) is 10.0. The second-order valence-electron chi connectivity index (χ2n) is 5.47. The molecule has 5 nitrogen and oxygen atoms in total. The van der Waals surface area contributed by atoms with E-state index in [2.05, 4.69) is 5.32 Å². The number of ether oxygens (including phenoxy) is 1. The van der Waals surface area contributed by atoms with Crippen LogP contribution in [0.2, 0.25) is 0 Å². The largest absolute Gasteiger partial charge is 0.497 e. The molecule has 2 rings (SSSR count). The monoisotopic (exact) mass is 291 g/mol. The number of carboxylic acids is 1. The molecule has 2 N–H and O–H groups in total. The van der Waals surface area contributed by atoms with Crippen molar-refractivity contribution in [3.63, 3.8) is 0 Å². The Morgan fingerprint density at radius 2 is 2.14 bits per heavy atom. The van der Waals surface area contributed by atoms with Gasteiger partial charge in [-0.1, -0.05) is 0 Å². The molecule has 0 spiro atoms. The van der Waals surface area contributed by atoms with Crippen LogP contribution < -0.4 is 10.1 Å². The van der Waals surface area contributed by atoms with Crippen LogP contribution in [0.1, 0.15) is 41.6 Å². The molecular formula is C16H21NO4. The molecule has 1 unspecified atom stereocenters. The van der Waals surface area contributed by atoms with E-state index in [1.54, 1.807) is 19.2 Å². The van der Waals surface area contributed by atoms with Crippen LogP contribution in [0, 0.1) is 6.92 Å². The molecule has 0 saturated heterocycles. The number of benzene rings is 1. The molecule has 1 fully saturated rings. The highest BCUT2D eigenvalue weighted by Gasteiger charge is 2.29. The lowest BCUT2D eigenvalue weighted by Gasteiger charge is -2.18. The van der Waals surface area contributed by atoms with E-state index in [0.717, 1.165) is 18.4 Å². The van der Waals surface area contributed by atoms with Gasteiger partial charge in [-0.15, -0.1) is 0 Å². The van der Waals surface area contributed by atoms with Gasteiger partial charge in [0.2, 0.25) is 0 Å². The van der Waals surface area contributed by atoms with Crippen molar-refractivity contribution in [2.75, 3.05) is 7.11 Å². The first-order valence-corrected chi connectivity index (χ1v) is 7.18. The lowest BCUT2D eigenvalue weighted by molar-refractivity contribution is -0.137. The summed E-state index contributed by atoms with van der Waals surface area (Å²) in [6, 6.07) is 5.25. The van der Waals surface area contributed by atoms with Crippen LogP contribution in [0.5, 0.6) is 5.75 Å². The number of nitrogens with one attached hydrogen (secondary N) is 1. The van der Waals surface area contributed by atoms with Crippen molar-refractivity contribution in [1.82, 2.24) is 5.32 Å². The summed E-state index contributed by atoms with van der Waals surface area (Å²) < 4.78 is 5.14. The van der Waals surface area contributed by atoms with Crippen molar-refractivity contribution in [3.8, 4) is 5.75 Å². The first-order valence-electron chi connectivity index (χ1n) is 7.18. The molecule has 1 aromatic carbocycles. The SMILES string of the molecule is COc1ccc(C(=O)C(CCC(=O)O)NC2CC2)c(C)c1. The molecule has 5 heteroatoms. The molecule has 0 aromatic heterocycles. The second kappa shape index (κ2) is 6.72. The third-order valence-corrected chi connectivity index (χ3v) is 3.68. The summed E-state index contributed by atoms with van der Waals surface area (Å²) in [5, 5.41) is 12.1. The van der Waals surface area contributed by atoms with Crippen molar-refractivity contribution < 1.29 is 19.4 Å². The number of carbonyl (C=O) groups excluding carboxylic acids is 1. The number of rotatable bonds is 8. The molecule has 0 radical (unpaired) electrons. The normalized spacial score (nSPS) is 15.5. The third-order valence-electron chi connectivity index (χ3n) is 3.68. The quantitative estimate of drug-likeness (QED) is 0.718. The summed E-state index contributed by atoms with van der Waals surface area (Å²) in [5.74, 6) is -0.207. The molecule has 0 bridgehead atoms. The maximum Gasteiger partial charge on any atom is 0.303 e. The van der Waals surface area contributed by atoms with E-state index in [9.17, 15) is 9.59 Å². The summed E-state index contributed by atoms with van der Waals surface area (Å²) in [4.78, 5) is 23.4. The molecule has 1 aliphatic carbocycles. The van der Waals surface area contributed by atoms with Crippen LogP contribution in [0.3, 0.4) is 0 Å². The minimum Gasteiger partial charge on any atom is -0.497 e. The summed E-state index contributed by atoms with van der Waals surface area (Å²) in [6.45, 7) is 1.86. The molecule has 21 heavy (non-hydrogen) atoms. The Labute approximate surface area is 124 Å². The average molecular weight is 291 g/mol. The number of methoxy groups -OCH3 is 1. The van der Waals surface area contributed by atoms with Gasteiger partial charge in [0.1, 0.15) is 5.75 Å². The number of carbonyl (C=O) groups is 2. The van der Waals surface area contributed by atoms with E-state index >= 15 is 0 Å². The highest BCUT2D eigenvalue weighted by molar-refractivity contribution is 6.01. The van der Waals surface area contributed by atoms with Crippen LogP contribution in [0.25, 0.3) is 0 Å². The summed E-state index contributed by atoms with van der Waals surface area (Å²) in [6.07, 6.45) is 2.42. The molecule has 1 atom stereocenters. The van der Waals surface area contributed by atoms with Crippen molar-refractivity contribution in [2.24, 2.45) is 0 Å². The summed E-state index contributed by atoms with van der Waals surface area (Å²) >= 11 is 0. The Hall–Kier alpha value is -1.88. The van der Waals surface area contributed by atoms with E-state index in [1.165, 1.54) is 0 Å². The number of hydrogen-bond donors (Lipinski definition) is 2. The number of hydrogen-bond acceptors (Lipinski definition) is 4. The van der Waals surface area contributed by atoms with Crippen molar-refractivity contribution >= 4 is 11.8 Å². The minimum atomic E-state index is -0.878. The van der Waals surface area contributed by atoms with Crippen LogP contribution in [-0.4, -0.2) is 36.1 Å². The predicted octanol–water partition coefficient (Wildman–Crippen LogP) is 2.17. The van der Waals surface area contributed by atoms with Crippen molar-refractivity contribution in [2.45, 2.75) is 44.7 Å². The van der Waals surface area contributed by atoms with Gasteiger partial charge in [0.15, 0.2) is 5.78 Å². The summed E-state index contributed by atoms with van der Waals surface area (Å²) in [5.41, 5.74) is 1.47. The predicted molar refractivity (Wildman–Crippen MR) is 78.9 cm³/mol. The number of aryl methyl sites for hydroxylation is 1. The van der Waals surface area contributed by atoms with E-state index in [0.29, 0.717) is 23.8 Å². The van der Waals surface area contributed by atoms with Gasteiger partial charge in [-0.3, -0.25) is 9.59 Å². The van der Waals surface area contributed by atoms with Gasteiger partial charge in [0.05, 0.1) is 13.2 Å². The highest BCUT2D eigenvalue weighted by atomic mass is 16.5. The van der Waals surface area contributed by atoms with Crippen molar-refractivity contribution in [1.29, 1.82) is 0 Å². The zero-order chi connectivity index (χ0) is 15.4. The van der Waals surface area contributed by atoms with Gasteiger partial charge in [0.25, 0.3) is 0 Å². The Kier molecular flexibility index (Phi) is 4.96. The number of carboxylic acid groups (broad SMARTS) is 1. The Morgan fingerprint density at radius 3 is 2.67 bits per heavy atom. The minimum absolute atomic E-state index is 0.00860. The van der Waals surface area contributed by atoms with Crippen LogP contribution >= 0.6 is 0 Å². The lowest BCUT2D eigenvalue weighted by atomic mass is 9.96. The fourth-order valence-electron chi connectivity index (χ4n) is 2.32. The molecule has 1 saturated carbocycles. The molecule has 114 valence electrons. The van der Waals surface area contributed by atoms with Gasteiger partial charge in [0, 0.05) is 18.0 Å². The number of ketones is 1. The molecule has 0 amide bonds. The Balaban J connectivity index is 2.13. The lowest BCUT2D eigenvalue weighted by Crippen LogP contribution is -2.39. The average Bonchev–Trinajstić information content (AvgIpc) is 3.26. The van der Waals surface area contributed by atoms with Gasteiger partial charge in [-0.05, 0) is 49.9 Å². The smallest absolute Gasteiger partial charge is 0.303 e. The van der Waals surface area contributed by atoms with Gasteiger partial charge < -0.3 is 15.2 Å². The van der Waals surface area contributed by atoms with Crippen LogP contribution in [0.4, 0.5) is 0 Å². The number of aliphatic carboxylic acids is 1. The fraction of sp³-hybridized carbons (Fsp3) is 0.500. The zero-order valence-electron chi connectivity index (χ0n) is 12.4. The third kappa shape index (κ3) is 4.29. The molecule has 0 aliphatic heterocycles.